The van der Waals surface area contributed by atoms with Gasteiger partial charge in [-0.05, 0) is 38.5 Å². The number of carbonyl (C=O) groups excluding carboxylic acids is 1. The third kappa shape index (κ3) is 7.15. The van der Waals surface area contributed by atoms with E-state index in [1.807, 2.05) is 30.3 Å². The smallest absolute Gasteiger partial charge is 0.407 e. The van der Waals surface area contributed by atoms with Gasteiger partial charge in [0.05, 0.1) is 29.7 Å². The number of hydrogen-bond donors (Lipinski definition) is 1. The number of rotatable bonds is 7. The SMILES string of the molecule is COCC(CS(=O)(=O)Cc1cnc2ccccc2c1)NC(=O)OC(C)(C)C. The zero-order chi connectivity index (χ0) is 20.1. The van der Waals surface area contributed by atoms with E-state index < -0.39 is 27.6 Å². The van der Waals surface area contributed by atoms with Crippen molar-refractivity contribution in [3.63, 3.8) is 0 Å². The molecular formula is C19H26N2O5S. The van der Waals surface area contributed by atoms with Gasteiger partial charge in [-0.15, -0.1) is 0 Å². The molecule has 0 radical (unpaired) electrons. The molecule has 1 aromatic heterocycles. The second-order valence-electron chi connectivity index (χ2n) is 7.39. The molecular weight excluding hydrogens is 368 g/mol. The van der Waals surface area contributed by atoms with Crippen LogP contribution < -0.4 is 5.32 Å². The molecule has 1 unspecified atom stereocenters. The maximum absolute atomic E-state index is 12.6. The van der Waals surface area contributed by atoms with E-state index in [2.05, 4.69) is 10.3 Å². The van der Waals surface area contributed by atoms with Crippen LogP contribution in [0.4, 0.5) is 4.79 Å². The molecule has 0 saturated carbocycles. The summed E-state index contributed by atoms with van der Waals surface area (Å²) >= 11 is 0. The van der Waals surface area contributed by atoms with Crippen LogP contribution in [0.1, 0.15) is 26.3 Å². The van der Waals surface area contributed by atoms with Gasteiger partial charge in [0.2, 0.25) is 0 Å². The Hall–Kier alpha value is -2.19. The van der Waals surface area contributed by atoms with Crippen LogP contribution >= 0.6 is 0 Å². The zero-order valence-corrected chi connectivity index (χ0v) is 16.9. The van der Waals surface area contributed by atoms with E-state index in [-0.39, 0.29) is 18.1 Å². The van der Waals surface area contributed by atoms with Crippen LogP contribution in [0, 0.1) is 0 Å². The number of sulfone groups is 1. The van der Waals surface area contributed by atoms with Gasteiger partial charge in [-0.25, -0.2) is 13.2 Å². The van der Waals surface area contributed by atoms with Crippen molar-refractivity contribution in [1.82, 2.24) is 10.3 Å². The highest BCUT2D eigenvalue weighted by molar-refractivity contribution is 7.90. The maximum atomic E-state index is 12.6. The molecule has 8 heteroatoms. The van der Waals surface area contributed by atoms with E-state index in [0.29, 0.717) is 5.56 Å². The predicted octanol–water partition coefficient (Wildman–Crippen LogP) is 2.69. The Labute approximate surface area is 160 Å². The van der Waals surface area contributed by atoms with E-state index in [9.17, 15) is 13.2 Å². The molecule has 0 aliphatic carbocycles. The highest BCUT2D eigenvalue weighted by Gasteiger charge is 2.24. The van der Waals surface area contributed by atoms with E-state index in [1.54, 1.807) is 27.0 Å². The lowest BCUT2D eigenvalue weighted by molar-refractivity contribution is 0.0479. The Morgan fingerprint density at radius 2 is 1.96 bits per heavy atom. The van der Waals surface area contributed by atoms with Crippen molar-refractivity contribution in [2.45, 2.75) is 38.2 Å². The van der Waals surface area contributed by atoms with Gasteiger partial charge in [-0.3, -0.25) is 4.98 Å². The van der Waals surface area contributed by atoms with E-state index in [1.165, 1.54) is 7.11 Å². The fourth-order valence-corrected chi connectivity index (χ4v) is 4.20. The first-order valence-electron chi connectivity index (χ1n) is 8.60. The summed E-state index contributed by atoms with van der Waals surface area (Å²) in [5.74, 6) is -0.423. The molecule has 0 aliphatic rings. The van der Waals surface area contributed by atoms with Crippen molar-refractivity contribution < 1.29 is 22.7 Å². The number of benzene rings is 1. The van der Waals surface area contributed by atoms with Crippen molar-refractivity contribution >= 4 is 26.8 Å². The lowest BCUT2D eigenvalue weighted by Crippen LogP contribution is -2.45. The van der Waals surface area contributed by atoms with Crippen molar-refractivity contribution in [3.8, 4) is 0 Å². The summed E-state index contributed by atoms with van der Waals surface area (Å²) in [5.41, 5.74) is 0.738. The van der Waals surface area contributed by atoms with Gasteiger partial charge in [0, 0.05) is 18.7 Å². The number of fused-ring (bicyclic) bond motifs is 1. The molecule has 2 rings (SSSR count). The highest BCUT2D eigenvalue weighted by Crippen LogP contribution is 2.15. The van der Waals surface area contributed by atoms with Gasteiger partial charge >= 0.3 is 6.09 Å². The van der Waals surface area contributed by atoms with Crippen LogP contribution in [-0.2, 0) is 25.1 Å². The first-order chi connectivity index (χ1) is 12.6. The number of hydrogen-bond acceptors (Lipinski definition) is 6. The molecule has 27 heavy (non-hydrogen) atoms. The Kier molecular flexibility index (Phi) is 6.78. The van der Waals surface area contributed by atoms with E-state index in [4.69, 9.17) is 9.47 Å². The molecule has 148 valence electrons. The summed E-state index contributed by atoms with van der Waals surface area (Å²) in [5, 5.41) is 3.45. The van der Waals surface area contributed by atoms with Crippen LogP contribution in [0.15, 0.2) is 36.5 Å². The molecule has 2 aromatic rings. The molecule has 0 fully saturated rings. The fourth-order valence-electron chi connectivity index (χ4n) is 2.62. The molecule has 0 saturated heterocycles. The largest absolute Gasteiger partial charge is 0.444 e. The maximum Gasteiger partial charge on any atom is 0.407 e. The van der Waals surface area contributed by atoms with Crippen LogP contribution in [-0.4, -0.2) is 50.6 Å². The Morgan fingerprint density at radius 3 is 2.63 bits per heavy atom. The van der Waals surface area contributed by atoms with Crippen LogP contribution in [0.5, 0.6) is 0 Å². The summed E-state index contributed by atoms with van der Waals surface area (Å²) in [4.78, 5) is 16.2. The van der Waals surface area contributed by atoms with Gasteiger partial charge in [-0.2, -0.15) is 0 Å². The van der Waals surface area contributed by atoms with Gasteiger partial charge in [0.1, 0.15) is 5.60 Å². The minimum absolute atomic E-state index is 0.0639. The number of methoxy groups -OCH3 is 1. The topological polar surface area (TPSA) is 94.6 Å². The van der Waals surface area contributed by atoms with Gasteiger partial charge in [0.15, 0.2) is 9.84 Å². The first kappa shape index (κ1) is 21.1. The van der Waals surface area contributed by atoms with Gasteiger partial charge < -0.3 is 14.8 Å². The number of carbonyl (C=O) groups is 1. The minimum Gasteiger partial charge on any atom is -0.444 e. The van der Waals surface area contributed by atoms with Crippen LogP contribution in [0.2, 0.25) is 0 Å². The van der Waals surface area contributed by atoms with Gasteiger partial charge in [-0.1, -0.05) is 18.2 Å². The summed E-state index contributed by atoms with van der Waals surface area (Å²) in [6.45, 7) is 5.28. The van der Waals surface area contributed by atoms with E-state index >= 15 is 0 Å². The van der Waals surface area contributed by atoms with Crippen molar-refractivity contribution in [1.29, 1.82) is 0 Å². The zero-order valence-electron chi connectivity index (χ0n) is 16.1. The van der Waals surface area contributed by atoms with Crippen molar-refractivity contribution in [3.05, 3.63) is 42.1 Å². The number of nitrogens with zero attached hydrogens (tertiary/aromatic N) is 1. The average Bonchev–Trinajstić information content (AvgIpc) is 2.52. The highest BCUT2D eigenvalue weighted by atomic mass is 32.2. The molecule has 1 aromatic carbocycles. The lowest BCUT2D eigenvalue weighted by Gasteiger charge is -2.23. The average molecular weight is 394 g/mol. The number of amides is 1. The van der Waals surface area contributed by atoms with Crippen LogP contribution in [0.3, 0.4) is 0 Å². The summed E-state index contributed by atoms with van der Waals surface area (Å²) in [7, 11) is -2.06. The number of pyridine rings is 1. The monoisotopic (exact) mass is 394 g/mol. The number of alkyl carbamates (subject to hydrolysis) is 1. The first-order valence-corrected chi connectivity index (χ1v) is 10.4. The van der Waals surface area contributed by atoms with Crippen molar-refractivity contribution in [2.75, 3.05) is 19.5 Å². The molecule has 1 heterocycles. The molecule has 1 atom stereocenters. The molecule has 1 N–H and O–H groups in total. The second-order valence-corrected chi connectivity index (χ2v) is 9.50. The predicted molar refractivity (Wildman–Crippen MR) is 104 cm³/mol. The van der Waals surface area contributed by atoms with Crippen LogP contribution in [0.25, 0.3) is 10.9 Å². The third-order valence-corrected chi connectivity index (χ3v) is 5.26. The second kappa shape index (κ2) is 8.67. The Morgan fingerprint density at radius 1 is 1.26 bits per heavy atom. The molecule has 0 bridgehead atoms. The molecule has 0 spiro atoms. The Bertz CT molecular complexity index is 890. The van der Waals surface area contributed by atoms with Crippen molar-refractivity contribution in [2.24, 2.45) is 0 Å². The number of ether oxygens (including phenoxy) is 2. The molecule has 7 nitrogen and oxygen atoms in total. The van der Waals surface area contributed by atoms with E-state index in [0.717, 1.165) is 10.9 Å². The summed E-state index contributed by atoms with van der Waals surface area (Å²) < 4.78 is 35.5. The molecule has 1 amide bonds. The fraction of sp³-hybridized carbons (Fsp3) is 0.474. The minimum atomic E-state index is -3.50. The normalized spacial score (nSPS) is 13.3. The quantitative estimate of drug-likeness (QED) is 0.776. The third-order valence-electron chi connectivity index (χ3n) is 3.58. The number of aromatic nitrogens is 1. The number of nitrogens with one attached hydrogen (secondary N) is 1. The summed E-state index contributed by atoms with van der Waals surface area (Å²) in [6, 6.07) is 8.61. The van der Waals surface area contributed by atoms with Gasteiger partial charge in [0.25, 0.3) is 0 Å². The Balaban J connectivity index is 2.07. The lowest BCUT2D eigenvalue weighted by atomic mass is 10.2. The standard InChI is InChI=1S/C19H26N2O5S/c1-19(2,3)26-18(22)21-16(11-25-4)13-27(23,24)12-14-9-15-7-5-6-8-17(15)20-10-14/h5-10,16H,11-13H2,1-4H3,(H,21,22). The number of para-hydroxylation sites is 1. The summed E-state index contributed by atoms with van der Waals surface area (Å²) in [6.07, 6.45) is 0.888. The molecule has 0 aliphatic heterocycles.